The van der Waals surface area contributed by atoms with Gasteiger partial charge in [0.1, 0.15) is 28.2 Å². The smallest absolute Gasteiger partial charge is 0.182 e. The first-order valence-corrected chi connectivity index (χ1v) is 10.4. The van der Waals surface area contributed by atoms with Crippen LogP contribution in [0.3, 0.4) is 0 Å². The van der Waals surface area contributed by atoms with Gasteiger partial charge in [-0.25, -0.2) is 19.9 Å². The number of thiazole rings is 1. The lowest BCUT2D eigenvalue weighted by Gasteiger charge is -2.05. The fourth-order valence-corrected chi connectivity index (χ4v) is 5.20. The topological polar surface area (TPSA) is 93.4 Å². The van der Waals surface area contributed by atoms with Gasteiger partial charge in [-0.3, -0.25) is 0 Å². The molecule has 9 heteroatoms. The number of benzene rings is 1. The first kappa shape index (κ1) is 17.3. The summed E-state index contributed by atoms with van der Waals surface area (Å²) in [4.78, 5) is 23.5. The molecule has 28 heavy (non-hydrogen) atoms. The monoisotopic (exact) mass is 424 g/mol. The molecule has 0 atom stereocenters. The van der Waals surface area contributed by atoms with Gasteiger partial charge in [-0.2, -0.15) is 0 Å². The van der Waals surface area contributed by atoms with Gasteiger partial charge in [0.25, 0.3) is 0 Å². The summed E-state index contributed by atoms with van der Waals surface area (Å²) < 4.78 is 0. The van der Waals surface area contributed by atoms with Crippen LogP contribution in [-0.4, -0.2) is 24.9 Å². The predicted molar refractivity (Wildman–Crippen MR) is 116 cm³/mol. The number of H-pyrrole nitrogens is 1. The largest absolute Gasteiger partial charge is 0.375 e. The molecule has 138 valence electrons. The molecule has 0 aliphatic carbocycles. The molecular formula is C19H13ClN6S2. The van der Waals surface area contributed by atoms with Crippen molar-refractivity contribution in [3.8, 4) is 32.4 Å². The third-order valence-electron chi connectivity index (χ3n) is 4.31. The van der Waals surface area contributed by atoms with Gasteiger partial charge in [-0.05, 0) is 24.6 Å². The molecule has 0 saturated heterocycles. The zero-order valence-electron chi connectivity index (χ0n) is 14.6. The van der Waals surface area contributed by atoms with Crippen molar-refractivity contribution in [1.82, 2.24) is 24.9 Å². The Balaban J connectivity index is 1.77. The SMILES string of the molecule is Cc1ccc(-c2cc(-c3ncnc4sc(N)nc34)sc2-c2ncc[nH]2)c(Cl)c1. The minimum atomic E-state index is 0.473. The molecule has 4 heterocycles. The molecule has 0 amide bonds. The molecule has 0 fully saturated rings. The van der Waals surface area contributed by atoms with E-state index in [4.69, 9.17) is 17.3 Å². The van der Waals surface area contributed by atoms with Crippen LogP contribution in [0.4, 0.5) is 5.13 Å². The van der Waals surface area contributed by atoms with Crippen molar-refractivity contribution < 1.29 is 0 Å². The predicted octanol–water partition coefficient (Wildman–Crippen LogP) is 5.42. The standard InChI is InChI=1S/C19H13ClN6S2/c1-9-2-3-10(12(20)6-9)11-7-13(27-16(11)17-22-4-5-23-17)14-15-18(25-8-24-14)28-19(21)26-15/h2-8H,1H3,(H2,21,26)(H,22,23). The molecule has 0 saturated carbocycles. The molecule has 1 aromatic carbocycles. The molecule has 5 rings (SSSR count). The molecule has 0 unspecified atom stereocenters. The van der Waals surface area contributed by atoms with Crippen molar-refractivity contribution >= 4 is 49.8 Å². The Bertz CT molecular complexity index is 1310. The molecule has 4 aromatic heterocycles. The van der Waals surface area contributed by atoms with Crippen molar-refractivity contribution in [2.45, 2.75) is 6.92 Å². The number of halogens is 1. The summed E-state index contributed by atoms with van der Waals surface area (Å²) in [6, 6.07) is 8.13. The highest BCUT2D eigenvalue weighted by Crippen LogP contribution is 2.45. The highest BCUT2D eigenvalue weighted by molar-refractivity contribution is 7.22. The Morgan fingerprint density at radius 3 is 2.75 bits per heavy atom. The number of nitrogens with one attached hydrogen (secondary N) is 1. The number of thiophene rings is 1. The van der Waals surface area contributed by atoms with Crippen LogP contribution < -0.4 is 5.73 Å². The third kappa shape index (κ3) is 2.86. The van der Waals surface area contributed by atoms with Crippen LogP contribution in [0.5, 0.6) is 0 Å². The number of anilines is 1. The van der Waals surface area contributed by atoms with E-state index < -0.39 is 0 Å². The molecule has 0 aliphatic heterocycles. The normalized spacial score (nSPS) is 11.4. The van der Waals surface area contributed by atoms with E-state index in [0.29, 0.717) is 15.7 Å². The Labute approximate surface area is 173 Å². The Kier molecular flexibility index (Phi) is 4.12. The maximum atomic E-state index is 6.57. The first-order valence-electron chi connectivity index (χ1n) is 8.37. The molecule has 0 spiro atoms. The number of nitrogens with zero attached hydrogens (tertiary/aromatic N) is 4. The van der Waals surface area contributed by atoms with Gasteiger partial charge < -0.3 is 10.7 Å². The number of hydrogen-bond acceptors (Lipinski definition) is 7. The van der Waals surface area contributed by atoms with Gasteiger partial charge in [-0.1, -0.05) is 35.1 Å². The Morgan fingerprint density at radius 1 is 1.07 bits per heavy atom. The van der Waals surface area contributed by atoms with E-state index in [1.807, 2.05) is 19.1 Å². The maximum Gasteiger partial charge on any atom is 0.182 e. The fourth-order valence-electron chi connectivity index (χ4n) is 3.06. The van der Waals surface area contributed by atoms with Crippen molar-refractivity contribution in [2.75, 3.05) is 5.73 Å². The van der Waals surface area contributed by atoms with Crippen molar-refractivity contribution in [2.24, 2.45) is 0 Å². The van der Waals surface area contributed by atoms with E-state index in [0.717, 1.165) is 42.8 Å². The number of aromatic nitrogens is 5. The van der Waals surface area contributed by atoms with E-state index in [2.05, 4.69) is 37.1 Å². The van der Waals surface area contributed by atoms with Crippen LogP contribution in [0, 0.1) is 6.92 Å². The van der Waals surface area contributed by atoms with Crippen LogP contribution in [0.1, 0.15) is 5.56 Å². The lowest BCUT2D eigenvalue weighted by atomic mass is 10.0. The number of hydrogen-bond donors (Lipinski definition) is 2. The summed E-state index contributed by atoms with van der Waals surface area (Å²) in [5, 5.41) is 1.17. The molecule has 3 N–H and O–H groups in total. The van der Waals surface area contributed by atoms with Gasteiger partial charge >= 0.3 is 0 Å². The highest BCUT2D eigenvalue weighted by Gasteiger charge is 2.20. The summed E-state index contributed by atoms with van der Waals surface area (Å²) >= 11 is 9.51. The number of fused-ring (bicyclic) bond motifs is 1. The summed E-state index contributed by atoms with van der Waals surface area (Å²) in [6.07, 6.45) is 5.08. The second-order valence-corrected chi connectivity index (χ2v) is 8.67. The number of aryl methyl sites for hydroxylation is 1. The van der Waals surface area contributed by atoms with Crippen molar-refractivity contribution in [1.29, 1.82) is 0 Å². The zero-order chi connectivity index (χ0) is 19.3. The van der Waals surface area contributed by atoms with Gasteiger partial charge in [0, 0.05) is 28.5 Å². The minimum absolute atomic E-state index is 0.473. The number of imidazole rings is 1. The van der Waals surface area contributed by atoms with Gasteiger partial charge in [0.2, 0.25) is 0 Å². The molecule has 6 nitrogen and oxygen atoms in total. The summed E-state index contributed by atoms with van der Waals surface area (Å²) in [7, 11) is 0. The van der Waals surface area contributed by atoms with Crippen LogP contribution in [-0.2, 0) is 0 Å². The lowest BCUT2D eigenvalue weighted by Crippen LogP contribution is -1.86. The van der Waals surface area contributed by atoms with Crippen LogP contribution in [0.15, 0.2) is 43.0 Å². The fraction of sp³-hybridized carbons (Fsp3) is 0.0526. The number of nitrogens with two attached hydrogens (primary N) is 1. The van der Waals surface area contributed by atoms with Crippen LogP contribution >= 0.6 is 34.3 Å². The summed E-state index contributed by atoms with van der Waals surface area (Å²) in [6.45, 7) is 2.02. The van der Waals surface area contributed by atoms with Gasteiger partial charge in [-0.15, -0.1) is 11.3 Å². The lowest BCUT2D eigenvalue weighted by molar-refractivity contribution is 1.23. The van der Waals surface area contributed by atoms with E-state index in [1.165, 1.54) is 11.3 Å². The number of rotatable bonds is 3. The van der Waals surface area contributed by atoms with Crippen LogP contribution in [0.2, 0.25) is 5.02 Å². The average molecular weight is 425 g/mol. The Morgan fingerprint density at radius 2 is 1.96 bits per heavy atom. The number of aromatic amines is 1. The van der Waals surface area contributed by atoms with E-state index >= 15 is 0 Å². The van der Waals surface area contributed by atoms with E-state index in [1.54, 1.807) is 30.1 Å². The second-order valence-electron chi connectivity index (χ2n) is 6.20. The third-order valence-corrected chi connectivity index (χ3v) is 6.56. The quantitative estimate of drug-likeness (QED) is 0.403. The Hall–Kier alpha value is -2.81. The maximum absolute atomic E-state index is 6.57. The molecule has 0 radical (unpaired) electrons. The zero-order valence-corrected chi connectivity index (χ0v) is 17.0. The minimum Gasteiger partial charge on any atom is -0.375 e. The van der Waals surface area contributed by atoms with E-state index in [-0.39, 0.29) is 0 Å². The second kappa shape index (κ2) is 6.66. The van der Waals surface area contributed by atoms with Crippen molar-refractivity contribution in [3.63, 3.8) is 0 Å². The highest BCUT2D eigenvalue weighted by atomic mass is 35.5. The molecule has 5 aromatic rings. The number of nitrogen functional groups attached to an aromatic ring is 1. The molecule has 0 bridgehead atoms. The first-order chi connectivity index (χ1) is 13.6. The summed E-state index contributed by atoms with van der Waals surface area (Å²) in [5.74, 6) is 0.783. The van der Waals surface area contributed by atoms with Crippen molar-refractivity contribution in [3.05, 3.63) is 53.6 Å². The van der Waals surface area contributed by atoms with E-state index in [9.17, 15) is 0 Å². The summed E-state index contributed by atoms with van der Waals surface area (Å²) in [5.41, 5.74) is 10.4. The molecule has 0 aliphatic rings. The van der Waals surface area contributed by atoms with Gasteiger partial charge in [0.05, 0.1) is 9.75 Å². The molecular weight excluding hydrogens is 412 g/mol. The average Bonchev–Trinajstić information content (AvgIpc) is 3.39. The van der Waals surface area contributed by atoms with Crippen LogP contribution in [0.25, 0.3) is 42.7 Å². The van der Waals surface area contributed by atoms with Gasteiger partial charge in [0.15, 0.2) is 5.13 Å².